The van der Waals surface area contributed by atoms with Crippen molar-refractivity contribution in [3.8, 4) is 27.8 Å². The Balaban J connectivity index is 1.69. The summed E-state index contributed by atoms with van der Waals surface area (Å²) < 4.78 is 1.52. The predicted octanol–water partition coefficient (Wildman–Crippen LogP) is 4.68. The number of para-hydroxylation sites is 1. The summed E-state index contributed by atoms with van der Waals surface area (Å²) in [5.74, 6) is 0.964. The molecular weight excluding hydrogens is 430 g/mol. The summed E-state index contributed by atoms with van der Waals surface area (Å²) >= 11 is 7.56. The van der Waals surface area contributed by atoms with Crippen LogP contribution in [0.5, 0.6) is 0 Å². The SMILES string of the molecule is NCc1cnc(-c2ccc(-c3nc4ccccc4c(=O)n3-c3ccc(Cl)cn3)cc2)s1. The van der Waals surface area contributed by atoms with Gasteiger partial charge in [0.25, 0.3) is 5.56 Å². The van der Waals surface area contributed by atoms with Crippen LogP contribution in [0.25, 0.3) is 38.7 Å². The summed E-state index contributed by atoms with van der Waals surface area (Å²) in [6.07, 6.45) is 3.31. The van der Waals surface area contributed by atoms with Crippen molar-refractivity contribution in [3.05, 3.63) is 93.3 Å². The third-order valence-electron chi connectivity index (χ3n) is 4.86. The van der Waals surface area contributed by atoms with E-state index in [2.05, 4.69) is 9.97 Å². The third kappa shape index (κ3) is 3.63. The van der Waals surface area contributed by atoms with Gasteiger partial charge in [0.2, 0.25) is 0 Å². The molecule has 2 aromatic carbocycles. The fourth-order valence-corrected chi connectivity index (χ4v) is 4.24. The number of benzene rings is 2. The number of aromatic nitrogens is 4. The van der Waals surface area contributed by atoms with Crippen molar-refractivity contribution in [2.24, 2.45) is 5.73 Å². The van der Waals surface area contributed by atoms with E-state index in [0.717, 1.165) is 21.0 Å². The normalized spacial score (nSPS) is 11.2. The van der Waals surface area contributed by atoms with Crippen LogP contribution in [0, 0.1) is 0 Å². The van der Waals surface area contributed by atoms with Crippen LogP contribution in [-0.2, 0) is 6.54 Å². The summed E-state index contributed by atoms with van der Waals surface area (Å²) in [5.41, 5.74) is 7.91. The fourth-order valence-electron chi connectivity index (χ4n) is 3.34. The molecule has 2 N–H and O–H groups in total. The molecule has 152 valence electrons. The lowest BCUT2D eigenvalue weighted by Crippen LogP contribution is -2.22. The predicted molar refractivity (Wildman–Crippen MR) is 125 cm³/mol. The summed E-state index contributed by atoms with van der Waals surface area (Å²) in [6.45, 7) is 0.469. The molecule has 5 rings (SSSR count). The molecule has 5 aromatic rings. The molecule has 8 heteroatoms. The van der Waals surface area contributed by atoms with Gasteiger partial charge >= 0.3 is 0 Å². The van der Waals surface area contributed by atoms with E-state index in [4.69, 9.17) is 22.3 Å². The third-order valence-corrected chi connectivity index (χ3v) is 6.15. The maximum atomic E-state index is 13.4. The Labute approximate surface area is 186 Å². The second-order valence-electron chi connectivity index (χ2n) is 6.84. The van der Waals surface area contributed by atoms with Gasteiger partial charge in [-0.1, -0.05) is 48.0 Å². The summed E-state index contributed by atoms with van der Waals surface area (Å²) in [5, 5.41) is 1.92. The highest BCUT2D eigenvalue weighted by Crippen LogP contribution is 2.28. The number of hydrogen-bond donors (Lipinski definition) is 1. The minimum Gasteiger partial charge on any atom is -0.326 e. The molecule has 3 aromatic heterocycles. The van der Waals surface area contributed by atoms with Crippen molar-refractivity contribution in [2.75, 3.05) is 0 Å². The van der Waals surface area contributed by atoms with Crippen molar-refractivity contribution in [3.63, 3.8) is 0 Å². The summed E-state index contributed by atoms with van der Waals surface area (Å²) in [6, 6.07) is 18.5. The number of fused-ring (bicyclic) bond motifs is 1. The molecule has 0 amide bonds. The number of pyridine rings is 1. The largest absolute Gasteiger partial charge is 0.326 e. The molecule has 0 aliphatic heterocycles. The molecule has 0 fully saturated rings. The van der Waals surface area contributed by atoms with Crippen molar-refractivity contribution < 1.29 is 0 Å². The van der Waals surface area contributed by atoms with E-state index in [1.54, 1.807) is 35.7 Å². The minimum atomic E-state index is -0.188. The lowest BCUT2D eigenvalue weighted by Gasteiger charge is -2.13. The van der Waals surface area contributed by atoms with Crippen LogP contribution >= 0.6 is 22.9 Å². The van der Waals surface area contributed by atoms with E-state index < -0.39 is 0 Å². The first kappa shape index (κ1) is 19.6. The molecular formula is C23H16ClN5OS. The van der Waals surface area contributed by atoms with Gasteiger partial charge in [0.15, 0.2) is 0 Å². The Morgan fingerprint density at radius 1 is 0.935 bits per heavy atom. The molecule has 0 bridgehead atoms. The average Bonchev–Trinajstić information content (AvgIpc) is 3.29. The van der Waals surface area contributed by atoms with Crippen LogP contribution in [0.1, 0.15) is 4.88 Å². The van der Waals surface area contributed by atoms with Gasteiger partial charge in [0, 0.05) is 34.9 Å². The van der Waals surface area contributed by atoms with Crippen LogP contribution in [0.15, 0.2) is 77.9 Å². The first-order chi connectivity index (χ1) is 15.1. The molecule has 0 aliphatic rings. The van der Waals surface area contributed by atoms with Gasteiger partial charge < -0.3 is 5.73 Å². The second-order valence-corrected chi connectivity index (χ2v) is 8.39. The van der Waals surface area contributed by atoms with Crippen LogP contribution in [0.2, 0.25) is 5.02 Å². The van der Waals surface area contributed by atoms with Crippen LogP contribution in [0.4, 0.5) is 0 Å². The molecule has 31 heavy (non-hydrogen) atoms. The Kier molecular flexibility index (Phi) is 5.07. The maximum absolute atomic E-state index is 13.4. The van der Waals surface area contributed by atoms with Crippen molar-refractivity contribution >= 4 is 33.8 Å². The summed E-state index contributed by atoms with van der Waals surface area (Å²) in [7, 11) is 0. The van der Waals surface area contributed by atoms with Gasteiger partial charge in [-0.2, -0.15) is 0 Å². The number of nitrogens with two attached hydrogens (primary N) is 1. The van der Waals surface area contributed by atoms with Crippen molar-refractivity contribution in [2.45, 2.75) is 6.54 Å². The van der Waals surface area contributed by atoms with E-state index in [1.165, 1.54) is 10.8 Å². The Morgan fingerprint density at radius 2 is 1.71 bits per heavy atom. The van der Waals surface area contributed by atoms with E-state index >= 15 is 0 Å². The van der Waals surface area contributed by atoms with Gasteiger partial charge in [-0.25, -0.2) is 19.5 Å². The van der Waals surface area contributed by atoms with E-state index in [-0.39, 0.29) is 5.56 Å². The Bertz CT molecular complexity index is 1440. The first-order valence-electron chi connectivity index (χ1n) is 9.53. The van der Waals surface area contributed by atoms with Crippen LogP contribution in [0.3, 0.4) is 0 Å². The number of rotatable bonds is 4. The number of halogens is 1. The minimum absolute atomic E-state index is 0.188. The molecule has 6 nitrogen and oxygen atoms in total. The van der Waals surface area contributed by atoms with Gasteiger partial charge in [-0.3, -0.25) is 4.79 Å². The highest BCUT2D eigenvalue weighted by atomic mass is 35.5. The molecule has 0 saturated heterocycles. The molecule has 0 saturated carbocycles. The van der Waals surface area contributed by atoms with Crippen molar-refractivity contribution in [1.82, 2.24) is 19.5 Å². The van der Waals surface area contributed by atoms with Gasteiger partial charge in [0.05, 0.1) is 15.9 Å². The molecule has 0 spiro atoms. The Hall–Kier alpha value is -3.39. The number of nitrogens with zero attached hydrogens (tertiary/aromatic N) is 4. The molecule has 0 atom stereocenters. The van der Waals surface area contributed by atoms with Gasteiger partial charge in [0.1, 0.15) is 16.6 Å². The zero-order valence-corrected chi connectivity index (χ0v) is 17.8. The fraction of sp³-hybridized carbons (Fsp3) is 0.0435. The van der Waals surface area contributed by atoms with E-state index in [1.807, 2.05) is 42.5 Å². The van der Waals surface area contributed by atoms with E-state index in [9.17, 15) is 4.79 Å². The van der Waals surface area contributed by atoms with Crippen LogP contribution < -0.4 is 11.3 Å². The molecule has 0 aliphatic carbocycles. The smallest absolute Gasteiger partial charge is 0.267 e. The summed E-state index contributed by atoms with van der Waals surface area (Å²) in [4.78, 5) is 28.0. The van der Waals surface area contributed by atoms with Crippen LogP contribution in [-0.4, -0.2) is 19.5 Å². The zero-order valence-electron chi connectivity index (χ0n) is 16.2. The zero-order chi connectivity index (χ0) is 21.4. The lowest BCUT2D eigenvalue weighted by molar-refractivity contribution is 0.932. The highest BCUT2D eigenvalue weighted by molar-refractivity contribution is 7.15. The number of hydrogen-bond acceptors (Lipinski definition) is 6. The van der Waals surface area contributed by atoms with Gasteiger partial charge in [-0.05, 0) is 24.3 Å². The lowest BCUT2D eigenvalue weighted by atomic mass is 10.1. The quantitative estimate of drug-likeness (QED) is 0.434. The molecule has 0 unspecified atom stereocenters. The average molecular weight is 446 g/mol. The number of thiazole rings is 1. The molecule has 3 heterocycles. The second kappa shape index (κ2) is 8.03. The monoisotopic (exact) mass is 445 g/mol. The maximum Gasteiger partial charge on any atom is 0.267 e. The van der Waals surface area contributed by atoms with E-state index in [0.29, 0.717) is 34.1 Å². The van der Waals surface area contributed by atoms with Crippen molar-refractivity contribution in [1.29, 1.82) is 0 Å². The Morgan fingerprint density at radius 3 is 2.42 bits per heavy atom. The topological polar surface area (TPSA) is 86.7 Å². The van der Waals surface area contributed by atoms with Gasteiger partial charge in [-0.15, -0.1) is 11.3 Å². The molecule has 0 radical (unpaired) electrons. The highest BCUT2D eigenvalue weighted by Gasteiger charge is 2.15. The first-order valence-corrected chi connectivity index (χ1v) is 10.7. The standard InChI is InChI=1S/C23H16ClN5OS/c24-16-9-10-20(26-12-16)29-21(28-19-4-2-1-3-18(19)23(29)30)14-5-7-15(8-6-14)22-27-13-17(11-25)31-22/h1-10,12-13H,11,25H2.